The van der Waals surface area contributed by atoms with E-state index >= 15 is 0 Å². The Hall–Kier alpha value is -1.61. The van der Waals surface area contributed by atoms with Crippen molar-refractivity contribution in [3.8, 4) is 0 Å². The van der Waals surface area contributed by atoms with Crippen molar-refractivity contribution in [3.63, 3.8) is 0 Å². The molecule has 3 atom stereocenters. The first-order valence-electron chi connectivity index (χ1n) is 5.28. The second kappa shape index (κ2) is 4.10. The van der Waals surface area contributed by atoms with Gasteiger partial charge in [0.1, 0.15) is 0 Å². The zero-order valence-electron chi connectivity index (χ0n) is 9.00. The minimum absolute atomic E-state index is 0.112. The van der Waals surface area contributed by atoms with Gasteiger partial charge in [-0.3, -0.25) is 4.79 Å². The van der Waals surface area contributed by atoms with E-state index in [0.29, 0.717) is 0 Å². The van der Waals surface area contributed by atoms with Crippen molar-refractivity contribution in [2.24, 2.45) is 5.92 Å². The van der Waals surface area contributed by atoms with Crippen LogP contribution in [-0.2, 0) is 4.79 Å². The van der Waals surface area contributed by atoms with Crippen LogP contribution in [-0.4, -0.2) is 22.1 Å². The zero-order chi connectivity index (χ0) is 11.7. The summed E-state index contributed by atoms with van der Waals surface area (Å²) < 4.78 is 0. The monoisotopic (exact) mass is 218 g/mol. The third kappa shape index (κ3) is 1.53. The van der Waals surface area contributed by atoms with Gasteiger partial charge in [-0.1, -0.05) is 37.3 Å². The summed E-state index contributed by atoms with van der Waals surface area (Å²) in [5.41, 5.74) is 0.997. The summed E-state index contributed by atoms with van der Waals surface area (Å²) in [5.74, 6) is -0.739. The fourth-order valence-corrected chi connectivity index (χ4v) is 2.28. The van der Waals surface area contributed by atoms with Gasteiger partial charge < -0.3 is 10.2 Å². The summed E-state index contributed by atoms with van der Waals surface area (Å²) >= 11 is 0. The zero-order valence-corrected chi connectivity index (χ0v) is 9.00. The van der Waals surface area contributed by atoms with E-state index in [1.807, 2.05) is 37.3 Å². The Kier molecular flexibility index (Phi) is 2.79. The topological polar surface area (TPSA) is 57.5 Å². The molecule has 1 saturated carbocycles. The average Bonchev–Trinajstić information content (AvgIpc) is 2.51. The minimum atomic E-state index is -0.872. The van der Waals surface area contributed by atoms with Gasteiger partial charge in [0, 0.05) is 5.92 Å². The highest BCUT2D eigenvalue weighted by molar-refractivity contribution is 6.04. The molecule has 2 N–H and O–H groups in total. The molecule has 2 rings (SSSR count). The lowest BCUT2D eigenvalue weighted by Gasteiger charge is -2.15. The standard InChI is InChI=1S/C13H14O3/c1-8-11(9-5-3-2-4-6-9)13(16)10(7-14)12(8)15/h2-8,11-12,14-15H,1H3. The second-order valence-electron chi connectivity index (χ2n) is 4.14. The number of aliphatic hydroxyl groups is 2. The SMILES string of the molecule is CC1C(O)C(=CO)C(=O)C1c1ccccc1. The van der Waals surface area contributed by atoms with Crippen molar-refractivity contribution in [2.75, 3.05) is 0 Å². The molecule has 1 aliphatic carbocycles. The summed E-state index contributed by atoms with van der Waals surface area (Å²) in [6.07, 6.45) is -0.144. The lowest BCUT2D eigenvalue weighted by Crippen LogP contribution is -2.15. The van der Waals surface area contributed by atoms with Crippen molar-refractivity contribution in [1.29, 1.82) is 0 Å². The Morgan fingerprint density at radius 1 is 1.25 bits per heavy atom. The van der Waals surface area contributed by atoms with E-state index in [1.54, 1.807) is 0 Å². The largest absolute Gasteiger partial charge is 0.515 e. The molecule has 0 aliphatic heterocycles. The Labute approximate surface area is 94.0 Å². The molecule has 0 saturated heterocycles. The first kappa shape index (κ1) is 10.9. The molecule has 0 bridgehead atoms. The van der Waals surface area contributed by atoms with E-state index in [9.17, 15) is 9.90 Å². The van der Waals surface area contributed by atoms with Gasteiger partial charge in [0.25, 0.3) is 0 Å². The van der Waals surface area contributed by atoms with Crippen LogP contribution in [0.15, 0.2) is 42.2 Å². The first-order chi connectivity index (χ1) is 7.66. The van der Waals surface area contributed by atoms with E-state index in [0.717, 1.165) is 11.8 Å². The predicted molar refractivity (Wildman–Crippen MR) is 60.1 cm³/mol. The van der Waals surface area contributed by atoms with Crippen molar-refractivity contribution in [2.45, 2.75) is 18.9 Å². The maximum absolute atomic E-state index is 12.0. The number of benzene rings is 1. The number of hydrogen-bond donors (Lipinski definition) is 2. The summed E-state index contributed by atoms with van der Waals surface area (Å²) in [6, 6.07) is 9.34. The van der Waals surface area contributed by atoms with Gasteiger partial charge in [-0.05, 0) is 5.56 Å². The fourth-order valence-electron chi connectivity index (χ4n) is 2.28. The molecule has 0 heterocycles. The van der Waals surface area contributed by atoms with Crippen LogP contribution in [0.4, 0.5) is 0 Å². The molecule has 0 radical (unpaired) electrons. The maximum Gasteiger partial charge on any atom is 0.172 e. The Balaban J connectivity index is 2.41. The van der Waals surface area contributed by atoms with Crippen LogP contribution in [0.2, 0.25) is 0 Å². The van der Waals surface area contributed by atoms with E-state index in [2.05, 4.69) is 0 Å². The molecule has 3 heteroatoms. The maximum atomic E-state index is 12.0. The molecular formula is C13H14O3. The number of aliphatic hydroxyl groups excluding tert-OH is 2. The van der Waals surface area contributed by atoms with Crippen LogP contribution in [0.5, 0.6) is 0 Å². The number of hydrogen-bond acceptors (Lipinski definition) is 3. The average molecular weight is 218 g/mol. The normalized spacial score (nSPS) is 32.2. The first-order valence-corrected chi connectivity index (χ1v) is 5.28. The second-order valence-corrected chi connectivity index (χ2v) is 4.14. The highest BCUT2D eigenvalue weighted by atomic mass is 16.3. The number of ketones is 1. The van der Waals surface area contributed by atoms with Gasteiger partial charge in [0.15, 0.2) is 5.78 Å². The lowest BCUT2D eigenvalue weighted by atomic mass is 9.89. The van der Waals surface area contributed by atoms with Gasteiger partial charge in [0.05, 0.1) is 23.9 Å². The third-order valence-corrected chi connectivity index (χ3v) is 3.21. The van der Waals surface area contributed by atoms with Crippen LogP contribution < -0.4 is 0 Å². The number of carbonyl (C=O) groups is 1. The van der Waals surface area contributed by atoms with Crippen molar-refractivity contribution in [3.05, 3.63) is 47.7 Å². The molecule has 1 fully saturated rings. The number of Topliss-reactive ketones (excluding diaryl/α,β-unsaturated/α-hetero) is 1. The van der Waals surface area contributed by atoms with Gasteiger partial charge in [-0.2, -0.15) is 0 Å². The Bertz CT molecular complexity index is 422. The Morgan fingerprint density at radius 2 is 1.88 bits per heavy atom. The predicted octanol–water partition coefficient (Wildman–Crippen LogP) is 1.79. The van der Waals surface area contributed by atoms with Gasteiger partial charge >= 0.3 is 0 Å². The van der Waals surface area contributed by atoms with Gasteiger partial charge in [0.2, 0.25) is 0 Å². The van der Waals surface area contributed by atoms with E-state index in [1.165, 1.54) is 0 Å². The third-order valence-electron chi connectivity index (χ3n) is 3.21. The molecule has 16 heavy (non-hydrogen) atoms. The molecule has 0 spiro atoms. The van der Waals surface area contributed by atoms with Crippen LogP contribution in [0.25, 0.3) is 0 Å². The van der Waals surface area contributed by atoms with Crippen LogP contribution in [0, 0.1) is 5.92 Å². The van der Waals surface area contributed by atoms with Gasteiger partial charge in [-0.15, -0.1) is 0 Å². The summed E-state index contributed by atoms with van der Waals surface area (Å²) in [5, 5.41) is 18.8. The highest BCUT2D eigenvalue weighted by Gasteiger charge is 2.43. The molecule has 84 valence electrons. The van der Waals surface area contributed by atoms with Crippen LogP contribution in [0.1, 0.15) is 18.4 Å². The van der Waals surface area contributed by atoms with Gasteiger partial charge in [-0.25, -0.2) is 0 Å². The molecule has 1 aliphatic rings. The number of rotatable bonds is 1. The molecule has 1 aromatic rings. The highest BCUT2D eigenvalue weighted by Crippen LogP contribution is 2.39. The molecule has 3 nitrogen and oxygen atoms in total. The van der Waals surface area contributed by atoms with Crippen molar-refractivity contribution in [1.82, 2.24) is 0 Å². The van der Waals surface area contributed by atoms with E-state index < -0.39 is 6.10 Å². The molecule has 1 aromatic carbocycles. The number of carbonyl (C=O) groups excluding carboxylic acids is 1. The van der Waals surface area contributed by atoms with Crippen LogP contribution >= 0.6 is 0 Å². The van der Waals surface area contributed by atoms with E-state index in [-0.39, 0.29) is 23.2 Å². The minimum Gasteiger partial charge on any atom is -0.515 e. The lowest BCUT2D eigenvalue weighted by molar-refractivity contribution is -0.116. The van der Waals surface area contributed by atoms with Crippen molar-refractivity contribution < 1.29 is 15.0 Å². The molecule has 3 unspecified atom stereocenters. The fraction of sp³-hybridized carbons (Fsp3) is 0.308. The summed E-state index contributed by atoms with van der Waals surface area (Å²) in [6.45, 7) is 1.82. The smallest absolute Gasteiger partial charge is 0.172 e. The quantitative estimate of drug-likeness (QED) is 0.558. The Morgan fingerprint density at radius 3 is 2.38 bits per heavy atom. The molecular weight excluding hydrogens is 204 g/mol. The molecule has 0 amide bonds. The van der Waals surface area contributed by atoms with E-state index in [4.69, 9.17) is 5.11 Å². The summed E-state index contributed by atoms with van der Waals surface area (Å²) in [7, 11) is 0. The van der Waals surface area contributed by atoms with Crippen LogP contribution in [0.3, 0.4) is 0 Å². The molecule has 0 aromatic heterocycles. The summed E-state index contributed by atoms with van der Waals surface area (Å²) in [4.78, 5) is 12.0. The van der Waals surface area contributed by atoms with Crippen molar-refractivity contribution >= 4 is 5.78 Å².